The van der Waals surface area contributed by atoms with E-state index in [1.54, 1.807) is 11.3 Å². The van der Waals surface area contributed by atoms with Gasteiger partial charge >= 0.3 is 5.97 Å². The number of rotatable bonds is 5. The Labute approximate surface area is 262 Å². The van der Waals surface area contributed by atoms with Gasteiger partial charge in [-0.05, 0) is 94.3 Å². The van der Waals surface area contributed by atoms with Crippen molar-refractivity contribution in [2.75, 3.05) is 13.1 Å². The van der Waals surface area contributed by atoms with Crippen LogP contribution in [0, 0.1) is 12.8 Å². The van der Waals surface area contributed by atoms with Crippen molar-refractivity contribution in [1.29, 1.82) is 0 Å². The SMILES string of the molecule is Cc1cc2nc(-c3ccc4c(c3)C(N3CCC(C)CC3)=NC4C)sc2c(-c2ccc(Cl)cc2)c1[C@H](OC(C)(C)C)C(=O)O. The van der Waals surface area contributed by atoms with Gasteiger partial charge in [0, 0.05) is 40.4 Å². The average molecular weight is 616 g/mol. The van der Waals surface area contributed by atoms with Gasteiger partial charge in [0.15, 0.2) is 6.10 Å². The maximum Gasteiger partial charge on any atom is 0.337 e. The first-order valence-electron chi connectivity index (χ1n) is 15.0. The van der Waals surface area contributed by atoms with Crippen LogP contribution in [-0.2, 0) is 9.53 Å². The molecule has 1 fully saturated rings. The summed E-state index contributed by atoms with van der Waals surface area (Å²) in [6.07, 6.45) is 1.23. The Bertz CT molecular complexity index is 1730. The second-order valence-corrected chi connectivity index (χ2v) is 14.3. The van der Waals surface area contributed by atoms with E-state index in [1.165, 1.54) is 24.0 Å². The molecule has 3 aromatic carbocycles. The van der Waals surface area contributed by atoms with Gasteiger partial charge in [0.1, 0.15) is 10.8 Å². The highest BCUT2D eigenvalue weighted by molar-refractivity contribution is 7.22. The number of hydrogen-bond acceptors (Lipinski definition) is 6. The van der Waals surface area contributed by atoms with Crippen LogP contribution in [0.5, 0.6) is 0 Å². The molecule has 0 spiro atoms. The summed E-state index contributed by atoms with van der Waals surface area (Å²) in [4.78, 5) is 25.3. The summed E-state index contributed by atoms with van der Waals surface area (Å²) < 4.78 is 7.10. The Morgan fingerprint density at radius 3 is 2.40 bits per heavy atom. The molecular formula is C35H38ClN3O3S. The lowest BCUT2D eigenvalue weighted by atomic mass is 9.91. The van der Waals surface area contributed by atoms with Crippen molar-refractivity contribution < 1.29 is 14.6 Å². The highest BCUT2D eigenvalue weighted by Gasteiger charge is 2.33. The number of carboxylic acids is 1. The third kappa shape index (κ3) is 5.83. The minimum Gasteiger partial charge on any atom is -0.479 e. The first kappa shape index (κ1) is 29.8. The minimum atomic E-state index is -1.15. The zero-order valence-corrected chi connectivity index (χ0v) is 27.1. The van der Waals surface area contributed by atoms with Crippen molar-refractivity contribution in [1.82, 2.24) is 9.88 Å². The molecule has 43 heavy (non-hydrogen) atoms. The number of likely N-dealkylation sites (tertiary alicyclic amines) is 1. The molecule has 2 atom stereocenters. The number of amidine groups is 1. The molecule has 4 aromatic rings. The molecule has 0 saturated carbocycles. The van der Waals surface area contributed by atoms with Crippen molar-refractivity contribution >= 4 is 45.0 Å². The van der Waals surface area contributed by atoms with Crippen molar-refractivity contribution in [3.63, 3.8) is 0 Å². The molecule has 6 nitrogen and oxygen atoms in total. The van der Waals surface area contributed by atoms with E-state index in [4.69, 9.17) is 26.3 Å². The minimum absolute atomic E-state index is 0.131. The molecule has 1 unspecified atom stereocenters. The van der Waals surface area contributed by atoms with Gasteiger partial charge in [-0.2, -0.15) is 0 Å². The number of carbonyl (C=O) groups is 1. The van der Waals surface area contributed by atoms with E-state index in [0.717, 1.165) is 62.3 Å². The molecule has 6 rings (SSSR count). The van der Waals surface area contributed by atoms with Crippen LogP contribution in [0.3, 0.4) is 0 Å². The number of thiazole rings is 1. The Morgan fingerprint density at radius 1 is 1.07 bits per heavy atom. The standard InChI is InChI=1S/C35H38ClN3O3S/c1-19-13-15-39(16-14-19)32-26-18-23(9-12-25(26)21(3)37-32)33-38-27-17-20(2)28(30(34(40)41)42-35(4,5)6)29(31(27)43-33)22-7-10-24(36)11-8-22/h7-12,17-19,21,30H,13-16H2,1-6H3,(H,40,41)/t21?,30-/m0/s1. The number of nitrogens with zero attached hydrogens (tertiary/aromatic N) is 3. The van der Waals surface area contributed by atoms with Gasteiger partial charge in [-0.15, -0.1) is 11.3 Å². The molecule has 2 aliphatic heterocycles. The van der Waals surface area contributed by atoms with E-state index >= 15 is 0 Å². The molecule has 1 saturated heterocycles. The number of halogens is 1. The van der Waals surface area contributed by atoms with Crippen LogP contribution in [0.2, 0.25) is 5.02 Å². The van der Waals surface area contributed by atoms with Crippen LogP contribution in [0.25, 0.3) is 31.9 Å². The van der Waals surface area contributed by atoms with E-state index in [2.05, 4.69) is 36.9 Å². The first-order valence-corrected chi connectivity index (χ1v) is 16.2. The molecule has 1 aromatic heterocycles. The van der Waals surface area contributed by atoms with Crippen molar-refractivity contribution in [2.24, 2.45) is 10.9 Å². The van der Waals surface area contributed by atoms with E-state index in [0.29, 0.717) is 10.6 Å². The number of carboxylic acid groups (broad SMARTS) is 1. The fourth-order valence-electron chi connectivity index (χ4n) is 6.20. The first-order chi connectivity index (χ1) is 20.4. The zero-order chi connectivity index (χ0) is 30.6. The number of benzene rings is 3. The van der Waals surface area contributed by atoms with E-state index in [9.17, 15) is 9.90 Å². The molecule has 0 radical (unpaired) electrons. The number of piperidine rings is 1. The lowest BCUT2D eigenvalue weighted by Gasteiger charge is -2.32. The monoisotopic (exact) mass is 615 g/mol. The third-order valence-electron chi connectivity index (χ3n) is 8.41. The normalized spacial score (nSPS) is 18.2. The summed E-state index contributed by atoms with van der Waals surface area (Å²) in [6, 6.07) is 16.2. The van der Waals surface area contributed by atoms with E-state index < -0.39 is 17.7 Å². The van der Waals surface area contributed by atoms with Crippen LogP contribution in [0.4, 0.5) is 0 Å². The van der Waals surface area contributed by atoms with Gasteiger partial charge in [-0.1, -0.05) is 42.8 Å². The number of fused-ring (bicyclic) bond motifs is 2. The van der Waals surface area contributed by atoms with Crippen LogP contribution in [-0.4, -0.2) is 45.5 Å². The second kappa shape index (κ2) is 11.3. The molecule has 224 valence electrons. The highest BCUT2D eigenvalue weighted by atomic mass is 35.5. The number of ether oxygens (including phenoxy) is 1. The van der Waals surface area contributed by atoms with Crippen LogP contribution in [0.15, 0.2) is 53.5 Å². The van der Waals surface area contributed by atoms with E-state index in [-0.39, 0.29) is 6.04 Å². The molecule has 3 heterocycles. The summed E-state index contributed by atoms with van der Waals surface area (Å²) in [5.74, 6) is 0.826. The molecule has 2 aliphatic rings. The van der Waals surface area contributed by atoms with Crippen LogP contribution < -0.4 is 0 Å². The number of aryl methyl sites for hydroxylation is 1. The quantitative estimate of drug-likeness (QED) is 0.242. The molecule has 8 heteroatoms. The molecular weight excluding hydrogens is 578 g/mol. The molecule has 0 bridgehead atoms. The van der Waals surface area contributed by atoms with Crippen molar-refractivity contribution in [2.45, 2.75) is 72.1 Å². The average Bonchev–Trinajstić information content (AvgIpc) is 3.52. The Balaban J connectivity index is 1.50. The van der Waals surface area contributed by atoms with Crippen LogP contribution in [0.1, 0.15) is 81.9 Å². The fraction of sp³-hybridized carbons (Fsp3) is 0.400. The van der Waals surface area contributed by atoms with Gasteiger partial charge in [0.05, 0.1) is 21.9 Å². The maximum absolute atomic E-state index is 12.7. The summed E-state index contributed by atoms with van der Waals surface area (Å²) in [7, 11) is 0. The van der Waals surface area contributed by atoms with Gasteiger partial charge in [-0.3, -0.25) is 4.99 Å². The Hall–Kier alpha value is -3.26. The van der Waals surface area contributed by atoms with E-state index in [1.807, 2.05) is 58.0 Å². The zero-order valence-electron chi connectivity index (χ0n) is 25.6. The molecule has 0 aliphatic carbocycles. The summed E-state index contributed by atoms with van der Waals surface area (Å²) in [6.45, 7) is 14.1. The largest absolute Gasteiger partial charge is 0.479 e. The molecule has 0 amide bonds. The van der Waals surface area contributed by atoms with Gasteiger partial charge in [0.25, 0.3) is 0 Å². The highest BCUT2D eigenvalue weighted by Crippen LogP contribution is 2.45. The fourth-order valence-corrected chi connectivity index (χ4v) is 7.45. The predicted octanol–water partition coefficient (Wildman–Crippen LogP) is 9.09. The Morgan fingerprint density at radius 2 is 1.74 bits per heavy atom. The third-order valence-corrected chi connectivity index (χ3v) is 9.80. The van der Waals surface area contributed by atoms with Gasteiger partial charge in [0.2, 0.25) is 0 Å². The number of aliphatic imine (C=N–C) groups is 1. The lowest BCUT2D eigenvalue weighted by molar-refractivity contribution is -0.160. The number of aromatic nitrogens is 1. The van der Waals surface area contributed by atoms with Gasteiger partial charge < -0.3 is 14.7 Å². The lowest BCUT2D eigenvalue weighted by Crippen LogP contribution is -2.37. The Kier molecular flexibility index (Phi) is 7.86. The van der Waals surface area contributed by atoms with Gasteiger partial charge in [-0.25, -0.2) is 9.78 Å². The second-order valence-electron chi connectivity index (χ2n) is 12.9. The maximum atomic E-state index is 12.7. The van der Waals surface area contributed by atoms with Crippen LogP contribution >= 0.6 is 22.9 Å². The number of hydrogen-bond donors (Lipinski definition) is 1. The van der Waals surface area contributed by atoms with Crippen molar-refractivity contribution in [3.8, 4) is 21.7 Å². The predicted molar refractivity (Wildman–Crippen MR) is 176 cm³/mol. The summed E-state index contributed by atoms with van der Waals surface area (Å²) in [5.41, 5.74) is 6.82. The topological polar surface area (TPSA) is 75.0 Å². The summed E-state index contributed by atoms with van der Waals surface area (Å²) in [5, 5.41) is 11.9. The van der Waals surface area contributed by atoms with Crippen molar-refractivity contribution in [3.05, 3.63) is 75.8 Å². The number of aliphatic carboxylic acids is 1. The summed E-state index contributed by atoms with van der Waals surface area (Å²) >= 11 is 7.85. The smallest absolute Gasteiger partial charge is 0.337 e. The molecule has 1 N–H and O–H groups in total.